The van der Waals surface area contributed by atoms with E-state index in [9.17, 15) is 0 Å². The van der Waals surface area contributed by atoms with Crippen molar-refractivity contribution in [1.29, 1.82) is 0 Å². The molecule has 0 spiro atoms. The van der Waals surface area contributed by atoms with Crippen molar-refractivity contribution in [2.75, 3.05) is 0 Å². The second kappa shape index (κ2) is 4.77. The van der Waals surface area contributed by atoms with Crippen LogP contribution in [0.1, 0.15) is 35.4 Å². The molecule has 0 fully saturated rings. The minimum Gasteiger partial charge on any atom is -0.437 e. The van der Waals surface area contributed by atoms with Crippen LogP contribution in [-0.2, 0) is 0 Å². The first-order valence-corrected chi connectivity index (χ1v) is 8.53. The van der Waals surface area contributed by atoms with Gasteiger partial charge in [0, 0.05) is 0 Å². The lowest BCUT2D eigenvalue weighted by Gasteiger charge is -2.48. The second-order valence-corrected chi connectivity index (χ2v) is 6.61. The maximum Gasteiger partial charge on any atom is 0.268 e. The van der Waals surface area contributed by atoms with E-state index >= 15 is 0 Å². The summed E-state index contributed by atoms with van der Waals surface area (Å²) in [5, 5.41) is 0. The first-order chi connectivity index (χ1) is 12.4. The molecule has 3 aliphatic rings. The van der Waals surface area contributed by atoms with Crippen molar-refractivity contribution in [1.82, 2.24) is 0 Å². The van der Waals surface area contributed by atoms with E-state index in [1.165, 1.54) is 0 Å². The highest BCUT2D eigenvalue weighted by Gasteiger charge is 2.54. The normalized spacial score (nSPS) is 27.4. The number of rotatable bonds is 0. The van der Waals surface area contributed by atoms with E-state index < -0.39 is 0 Å². The minimum absolute atomic E-state index is 0.150. The number of hydrogen-bond acceptors (Lipinski definition) is 3. The van der Waals surface area contributed by atoms with Crippen LogP contribution in [0.2, 0.25) is 0 Å². The molecule has 3 aliphatic heterocycles. The van der Waals surface area contributed by atoms with E-state index in [1.807, 2.05) is 54.6 Å². The molecule has 25 heavy (non-hydrogen) atoms. The van der Waals surface area contributed by atoms with E-state index in [1.54, 1.807) is 0 Å². The molecule has 0 saturated carbocycles. The largest absolute Gasteiger partial charge is 0.437 e. The molecule has 4 heteroatoms. The Morgan fingerprint density at radius 2 is 0.800 bits per heavy atom. The van der Waals surface area contributed by atoms with Gasteiger partial charge in [0.25, 0.3) is 18.7 Å². The van der Waals surface area contributed by atoms with Gasteiger partial charge in [0.2, 0.25) is 0 Å². The fourth-order valence-corrected chi connectivity index (χ4v) is 4.14. The third-order valence-corrected chi connectivity index (χ3v) is 5.25. The van der Waals surface area contributed by atoms with Gasteiger partial charge in [-0.1, -0.05) is 36.4 Å². The van der Waals surface area contributed by atoms with E-state index in [2.05, 4.69) is 18.2 Å². The first kappa shape index (κ1) is 13.3. The maximum atomic E-state index is 6.42. The van der Waals surface area contributed by atoms with Crippen molar-refractivity contribution >= 4 is 0 Å². The summed E-state index contributed by atoms with van der Waals surface area (Å²) in [6.45, 7) is 0. The fourth-order valence-electron chi connectivity index (χ4n) is 4.14. The van der Waals surface area contributed by atoms with Crippen molar-refractivity contribution in [3.05, 3.63) is 89.5 Å². The van der Waals surface area contributed by atoms with E-state index in [4.69, 9.17) is 14.2 Å². The van der Waals surface area contributed by atoms with Crippen LogP contribution in [-0.4, -0.2) is 0 Å². The quantitative estimate of drug-likeness (QED) is 0.687. The van der Waals surface area contributed by atoms with Crippen molar-refractivity contribution in [2.45, 2.75) is 18.7 Å². The number of para-hydroxylation sites is 3. The molecular formula is C21H16NO3+. The van der Waals surface area contributed by atoms with Crippen LogP contribution in [0.25, 0.3) is 0 Å². The number of ether oxygens (including phenoxy) is 3. The Morgan fingerprint density at radius 3 is 1.16 bits per heavy atom. The van der Waals surface area contributed by atoms with Crippen molar-refractivity contribution in [2.24, 2.45) is 0 Å². The summed E-state index contributed by atoms with van der Waals surface area (Å²) in [7, 11) is 0. The Labute approximate surface area is 145 Å². The van der Waals surface area contributed by atoms with Crippen LogP contribution in [0.5, 0.6) is 17.2 Å². The SMILES string of the molecule is c1ccc2c(c1)O[C@H]1c3ccccc3O[C@H]3c4ccccc4O[C@H]2[NH+]13. The number of hydrogen-bond donors (Lipinski definition) is 1. The van der Waals surface area contributed by atoms with Gasteiger partial charge in [-0.05, 0) is 36.4 Å². The van der Waals surface area contributed by atoms with Crippen LogP contribution in [0.3, 0.4) is 0 Å². The summed E-state index contributed by atoms with van der Waals surface area (Å²) in [6, 6.07) is 24.4. The first-order valence-electron chi connectivity index (χ1n) is 8.53. The van der Waals surface area contributed by atoms with E-state index in [-0.39, 0.29) is 18.7 Å². The average molecular weight is 330 g/mol. The Balaban J connectivity index is 1.62. The zero-order chi connectivity index (χ0) is 16.4. The van der Waals surface area contributed by atoms with Crippen molar-refractivity contribution in [3.8, 4) is 17.2 Å². The Hall–Kier alpha value is -2.98. The number of fused-ring (bicyclic) bond motifs is 6. The summed E-state index contributed by atoms with van der Waals surface area (Å²) >= 11 is 0. The third kappa shape index (κ3) is 1.74. The molecular weight excluding hydrogens is 314 g/mol. The zero-order valence-electron chi connectivity index (χ0n) is 13.4. The predicted octanol–water partition coefficient (Wildman–Crippen LogP) is 3.14. The summed E-state index contributed by atoms with van der Waals surface area (Å²) in [5.41, 5.74) is 3.20. The van der Waals surface area contributed by atoms with Crippen LogP contribution in [0, 0.1) is 0 Å². The summed E-state index contributed by atoms with van der Waals surface area (Å²) in [5.74, 6) is 2.66. The highest BCUT2D eigenvalue weighted by Crippen LogP contribution is 2.44. The van der Waals surface area contributed by atoms with Gasteiger partial charge in [-0.15, -0.1) is 0 Å². The summed E-state index contributed by atoms with van der Waals surface area (Å²) < 4.78 is 19.3. The van der Waals surface area contributed by atoms with Crippen molar-refractivity contribution in [3.63, 3.8) is 0 Å². The predicted molar refractivity (Wildman–Crippen MR) is 90.4 cm³/mol. The Morgan fingerprint density at radius 1 is 0.480 bits per heavy atom. The highest BCUT2D eigenvalue weighted by atomic mass is 16.6. The lowest BCUT2D eigenvalue weighted by atomic mass is 9.99. The average Bonchev–Trinajstić information content (AvgIpc) is 2.68. The lowest BCUT2D eigenvalue weighted by molar-refractivity contribution is -1.05. The van der Waals surface area contributed by atoms with Crippen LogP contribution >= 0.6 is 0 Å². The molecule has 1 N–H and O–H groups in total. The minimum atomic E-state index is -0.150. The molecule has 0 aliphatic carbocycles. The highest BCUT2D eigenvalue weighted by molar-refractivity contribution is 5.44. The fraction of sp³-hybridized carbons (Fsp3) is 0.143. The van der Waals surface area contributed by atoms with Gasteiger partial charge in [-0.2, -0.15) is 0 Å². The van der Waals surface area contributed by atoms with Crippen LogP contribution in [0.15, 0.2) is 72.8 Å². The Bertz CT molecular complexity index is 859. The topological polar surface area (TPSA) is 32.1 Å². The molecule has 3 heterocycles. The molecule has 122 valence electrons. The lowest BCUT2D eigenvalue weighted by Crippen LogP contribution is -3.17. The molecule has 6 rings (SSSR count). The van der Waals surface area contributed by atoms with Gasteiger partial charge in [0.15, 0.2) is 0 Å². The second-order valence-electron chi connectivity index (χ2n) is 6.61. The molecule has 0 bridgehead atoms. The third-order valence-electron chi connectivity index (χ3n) is 5.25. The summed E-state index contributed by atoms with van der Waals surface area (Å²) in [4.78, 5) is 1.14. The molecule has 0 amide bonds. The van der Waals surface area contributed by atoms with Crippen LogP contribution in [0.4, 0.5) is 0 Å². The Kier molecular flexibility index (Phi) is 2.54. The van der Waals surface area contributed by atoms with Gasteiger partial charge < -0.3 is 14.2 Å². The number of nitrogens with one attached hydrogen (secondary N) is 1. The molecule has 0 radical (unpaired) electrons. The maximum absolute atomic E-state index is 6.42. The molecule has 0 aromatic heterocycles. The zero-order valence-corrected chi connectivity index (χ0v) is 13.4. The van der Waals surface area contributed by atoms with E-state index in [0.717, 1.165) is 38.8 Å². The monoisotopic (exact) mass is 330 g/mol. The van der Waals surface area contributed by atoms with Gasteiger partial charge in [0.1, 0.15) is 17.2 Å². The van der Waals surface area contributed by atoms with E-state index in [0.29, 0.717) is 0 Å². The molecule has 3 aromatic carbocycles. The molecule has 0 saturated heterocycles. The van der Waals surface area contributed by atoms with Gasteiger partial charge in [0.05, 0.1) is 16.7 Å². The smallest absolute Gasteiger partial charge is 0.268 e. The van der Waals surface area contributed by atoms with Gasteiger partial charge >= 0.3 is 0 Å². The van der Waals surface area contributed by atoms with Crippen LogP contribution < -0.4 is 19.1 Å². The standard InChI is InChI=1S/C21H15NO3/c1-4-10-16-13(7-1)19-22-20(23-16)15-9-3-6-12-18(15)25-21(22)14-8-2-5-11-17(14)24-19/h1-12,19-21H/p+1/t19-,20-,21+/m0/s1. The molecule has 1 unspecified atom stereocenters. The summed E-state index contributed by atoms with van der Waals surface area (Å²) in [6.07, 6.45) is -0.449. The number of quaternary nitrogens is 1. The van der Waals surface area contributed by atoms with Gasteiger partial charge in [-0.3, -0.25) is 0 Å². The molecule has 3 aromatic rings. The molecule has 4 nitrogen and oxygen atoms in total. The molecule has 4 atom stereocenters. The van der Waals surface area contributed by atoms with Crippen molar-refractivity contribution < 1.29 is 19.1 Å². The van der Waals surface area contributed by atoms with Gasteiger partial charge in [-0.25, -0.2) is 4.90 Å². The number of benzene rings is 3.